The van der Waals surface area contributed by atoms with Crippen LogP contribution in [0, 0.1) is 0 Å². The zero-order valence-corrected chi connectivity index (χ0v) is 5.96. The van der Waals surface area contributed by atoms with Gasteiger partial charge in [0.2, 0.25) is 0 Å². The maximum absolute atomic E-state index is 4.40. The lowest BCUT2D eigenvalue weighted by Crippen LogP contribution is -1.98. The third-order valence-corrected chi connectivity index (χ3v) is 1.41. The molecule has 6 heavy (non-hydrogen) atoms. The van der Waals surface area contributed by atoms with Crippen LogP contribution in [-0.4, -0.2) is 7.67 Å². The van der Waals surface area contributed by atoms with Crippen LogP contribution in [0.3, 0.4) is 0 Å². The summed E-state index contributed by atoms with van der Waals surface area (Å²) in [7, 11) is 0. The Labute approximate surface area is 57.8 Å². The molecule has 0 aliphatic rings. The van der Waals surface area contributed by atoms with Crippen LogP contribution in [0.25, 0.3) is 0 Å². The summed E-state index contributed by atoms with van der Waals surface area (Å²) in [5, 5.41) is 0. The molecule has 0 N–H and O–H groups in total. The number of rotatable bonds is 0. The summed E-state index contributed by atoms with van der Waals surface area (Å²) in [6, 6.07) is 0. The van der Waals surface area contributed by atoms with E-state index < -0.39 is 0 Å². The van der Waals surface area contributed by atoms with E-state index in [0.717, 1.165) is 3.35 Å². The third-order valence-electron chi connectivity index (χ3n) is 0.156. The quantitative estimate of drug-likeness (QED) is 0.234. The van der Waals surface area contributed by atoms with Crippen molar-refractivity contribution in [2.24, 2.45) is 0 Å². The second kappa shape index (κ2) is 2.79. The Morgan fingerprint density at radius 1 is 1.83 bits per heavy atom. The lowest BCUT2D eigenvalue weighted by Gasteiger charge is -1.83. The molecule has 0 heterocycles. The van der Waals surface area contributed by atoms with Gasteiger partial charge in [-0.25, -0.2) is 3.35 Å². The molecule has 0 aromatic heterocycles. The Hall–Kier alpha value is 0.680. The van der Waals surface area contributed by atoms with Crippen molar-refractivity contribution in [3.63, 3.8) is 0 Å². The highest BCUT2D eigenvalue weighted by molar-refractivity contribution is 8.11. The fraction of sp³-hybridized carbons (Fsp3) is 0. The Morgan fingerprint density at radius 3 is 2.00 bits per heavy atom. The molecule has 0 aromatic rings. The number of thiol groups is 1. The Bertz CT molecular complexity index is 73.5. The summed E-state index contributed by atoms with van der Waals surface area (Å²) >= 11 is 16.7. The number of thiocarbonyl (C=S) groups is 1. The predicted octanol–water partition coefficient (Wildman–Crippen LogP) is 0.406. The molecule has 0 spiro atoms. The maximum Gasteiger partial charge on any atom is 0.301 e. The van der Waals surface area contributed by atoms with E-state index >= 15 is 0 Å². The summed E-state index contributed by atoms with van der Waals surface area (Å²) < 4.78 is 1.18. The summed E-state index contributed by atoms with van der Waals surface area (Å²) in [5.74, 6) is 0. The molecule has 0 amide bonds. The minimum atomic E-state index is 0.250. The first-order valence-electron chi connectivity index (χ1n) is 1.02. The zero-order valence-electron chi connectivity index (χ0n) is 2.62. The van der Waals surface area contributed by atoms with Crippen LogP contribution in [0.2, 0.25) is 0 Å². The molecule has 0 bridgehead atoms. The van der Waals surface area contributed by atoms with Gasteiger partial charge in [0.1, 0.15) is 0 Å². The van der Waals surface area contributed by atoms with Gasteiger partial charge >= 0.3 is 4.32 Å². The minimum Gasteiger partial charge on any atom is -0.210 e. The molecule has 0 aromatic carbocycles. The molecule has 0 radical (unpaired) electrons. The zero-order chi connectivity index (χ0) is 5.15. The average Bonchev–Trinajstić information content (AvgIpc) is 1.36. The molecule has 0 atom stereocenters. The van der Waals surface area contributed by atoms with E-state index in [1.54, 1.807) is 0 Å². The van der Waals surface area contributed by atoms with Crippen molar-refractivity contribution in [2.45, 2.75) is 0 Å². The molecule has 0 saturated carbocycles. The first-order chi connectivity index (χ1) is 2.64. The van der Waals surface area contributed by atoms with Crippen LogP contribution in [0.15, 0.2) is 0 Å². The second-order valence-electron chi connectivity index (χ2n) is 0.540. The Balaban J connectivity index is 3.57. The van der Waals surface area contributed by atoms with E-state index in [-0.39, 0.29) is 4.32 Å². The summed E-state index contributed by atoms with van der Waals surface area (Å²) in [4.78, 5) is 0. The standard InChI is InChI=1S/CHNS4/c3-1(4)2(5)6/h(H,3,4). The third kappa shape index (κ3) is 2.89. The van der Waals surface area contributed by atoms with E-state index in [0.29, 0.717) is 0 Å². The lowest BCUT2D eigenvalue weighted by atomic mass is 11.5. The largest absolute Gasteiger partial charge is 0.301 e. The molecule has 1 nitrogen and oxygen atoms in total. The van der Waals surface area contributed by atoms with Crippen molar-refractivity contribution in [3.8, 4) is 0 Å². The Morgan fingerprint density at radius 2 is 2.00 bits per heavy atom. The van der Waals surface area contributed by atoms with Gasteiger partial charge in [0.25, 0.3) is 0 Å². The lowest BCUT2D eigenvalue weighted by molar-refractivity contribution is -0.141. The van der Waals surface area contributed by atoms with E-state index in [2.05, 4.69) is 50.1 Å². The molecule has 0 aliphatic heterocycles. The molecule has 5 heteroatoms. The smallest absolute Gasteiger partial charge is 0.210 e. The van der Waals surface area contributed by atoms with E-state index in [4.69, 9.17) is 0 Å². The van der Waals surface area contributed by atoms with Crippen molar-refractivity contribution in [1.82, 2.24) is 0 Å². The monoisotopic (exact) mass is 155 g/mol. The highest BCUT2D eigenvalue weighted by atomic mass is 32.2. The SMILES string of the molecule is S=C(S)[N+](=S)[S-]. The first-order valence-corrected chi connectivity index (χ1v) is 2.60. The van der Waals surface area contributed by atoms with Crippen molar-refractivity contribution in [1.29, 1.82) is 0 Å². The average molecular weight is 155 g/mol. The van der Waals surface area contributed by atoms with Crippen LogP contribution >= 0.6 is 24.8 Å². The molecule has 0 aliphatic carbocycles. The molecule has 0 unspecified atom stereocenters. The van der Waals surface area contributed by atoms with Gasteiger partial charge in [0.15, 0.2) is 0 Å². The van der Waals surface area contributed by atoms with Crippen LogP contribution < -0.4 is 0 Å². The maximum atomic E-state index is 4.40. The fourth-order valence-electron chi connectivity index (χ4n) is 0. The Kier molecular flexibility index (Phi) is 3.10. The predicted molar refractivity (Wildman–Crippen MR) is 36.6 cm³/mol. The first kappa shape index (κ1) is 6.68. The van der Waals surface area contributed by atoms with Gasteiger partial charge in [-0.1, -0.05) is 37.9 Å². The van der Waals surface area contributed by atoms with E-state index in [1.165, 1.54) is 0 Å². The minimum absolute atomic E-state index is 0.250. The molecule has 0 fully saturated rings. The fourth-order valence-corrected chi connectivity index (χ4v) is 0. The topological polar surface area (TPSA) is 3.01 Å². The van der Waals surface area contributed by atoms with Crippen molar-refractivity contribution in [3.05, 3.63) is 0 Å². The van der Waals surface area contributed by atoms with Gasteiger partial charge in [0, 0.05) is 12.2 Å². The van der Waals surface area contributed by atoms with Crippen LogP contribution in [0.5, 0.6) is 0 Å². The number of hydrogen-bond acceptors (Lipinski definition) is 3. The number of hydrogen-bond donors (Lipinski definition) is 1. The van der Waals surface area contributed by atoms with Crippen LogP contribution in [0.4, 0.5) is 0 Å². The van der Waals surface area contributed by atoms with Crippen LogP contribution in [-0.2, 0) is 25.2 Å². The summed E-state index contributed by atoms with van der Waals surface area (Å²) in [5.41, 5.74) is 0. The molecule has 0 rings (SSSR count). The summed E-state index contributed by atoms with van der Waals surface area (Å²) in [6.45, 7) is 0. The van der Waals surface area contributed by atoms with Gasteiger partial charge in [0.05, 0.1) is 0 Å². The van der Waals surface area contributed by atoms with Crippen molar-refractivity contribution < 1.29 is 3.35 Å². The molecular weight excluding hydrogens is 154 g/mol. The van der Waals surface area contributed by atoms with Gasteiger partial charge in [-0.15, -0.1) is 0 Å². The second-order valence-corrected chi connectivity index (χ2v) is 2.61. The van der Waals surface area contributed by atoms with Gasteiger partial charge in [-0.3, -0.25) is 0 Å². The number of nitrogens with zero attached hydrogens (tertiary/aromatic N) is 1. The van der Waals surface area contributed by atoms with Crippen molar-refractivity contribution in [2.75, 3.05) is 0 Å². The van der Waals surface area contributed by atoms with E-state index in [9.17, 15) is 0 Å². The molecular formula is CHNS4. The van der Waals surface area contributed by atoms with E-state index in [1.807, 2.05) is 0 Å². The van der Waals surface area contributed by atoms with Crippen LogP contribution in [0.1, 0.15) is 0 Å². The van der Waals surface area contributed by atoms with Gasteiger partial charge in [-0.05, 0) is 0 Å². The highest BCUT2D eigenvalue weighted by Gasteiger charge is 1.86. The summed E-state index contributed by atoms with van der Waals surface area (Å²) in [6.07, 6.45) is 0. The van der Waals surface area contributed by atoms with Crippen molar-refractivity contribution >= 4 is 54.4 Å². The van der Waals surface area contributed by atoms with Gasteiger partial charge < -0.3 is 0 Å². The highest BCUT2D eigenvalue weighted by Crippen LogP contribution is 1.80. The van der Waals surface area contributed by atoms with Gasteiger partial charge in [-0.2, -0.15) is 0 Å². The normalized spacial score (nSPS) is 7.50. The molecule has 34 valence electrons. The molecule has 0 saturated heterocycles.